The SMILES string of the molecule is Cc1cc(Nc2ncnc3ccc(O)cc23)ccc1Oc1ccc2c(c1)N=CC2C. The molecule has 2 N–H and O–H groups in total. The molecule has 0 aliphatic carbocycles. The van der Waals surface area contributed by atoms with E-state index in [1.54, 1.807) is 18.2 Å². The Bertz CT molecular complexity index is 1300. The molecule has 148 valence electrons. The number of rotatable bonds is 4. The van der Waals surface area contributed by atoms with E-state index < -0.39 is 0 Å². The minimum absolute atomic E-state index is 0.174. The molecular weight excluding hydrogens is 376 g/mol. The number of nitrogens with one attached hydrogen (secondary N) is 1. The van der Waals surface area contributed by atoms with E-state index in [-0.39, 0.29) is 5.75 Å². The maximum atomic E-state index is 9.81. The van der Waals surface area contributed by atoms with Gasteiger partial charge in [0.2, 0.25) is 0 Å². The van der Waals surface area contributed by atoms with Crippen LogP contribution in [-0.2, 0) is 0 Å². The van der Waals surface area contributed by atoms with Crippen LogP contribution in [0.1, 0.15) is 24.0 Å². The number of fused-ring (bicyclic) bond motifs is 2. The number of aromatic hydroxyl groups is 1. The van der Waals surface area contributed by atoms with Gasteiger partial charge in [-0.25, -0.2) is 9.97 Å². The van der Waals surface area contributed by atoms with E-state index in [4.69, 9.17) is 4.74 Å². The first-order valence-electron chi connectivity index (χ1n) is 9.74. The highest BCUT2D eigenvalue weighted by molar-refractivity contribution is 5.91. The van der Waals surface area contributed by atoms with Crippen molar-refractivity contribution in [2.45, 2.75) is 19.8 Å². The van der Waals surface area contributed by atoms with Crippen LogP contribution in [0.3, 0.4) is 0 Å². The third-order valence-electron chi connectivity index (χ3n) is 5.21. The summed E-state index contributed by atoms with van der Waals surface area (Å²) in [5, 5.41) is 13.9. The fourth-order valence-corrected chi connectivity index (χ4v) is 3.61. The maximum Gasteiger partial charge on any atom is 0.141 e. The maximum absolute atomic E-state index is 9.81. The van der Waals surface area contributed by atoms with E-state index in [1.165, 1.54) is 11.9 Å². The number of ether oxygens (including phenoxy) is 1. The van der Waals surface area contributed by atoms with Crippen LogP contribution in [0.15, 0.2) is 65.9 Å². The number of hydrogen-bond donors (Lipinski definition) is 2. The van der Waals surface area contributed by atoms with Crippen molar-refractivity contribution >= 4 is 34.3 Å². The normalized spacial score (nSPS) is 14.7. The molecule has 5 rings (SSSR count). The molecule has 2 heterocycles. The third-order valence-corrected chi connectivity index (χ3v) is 5.21. The Morgan fingerprint density at radius 1 is 1.00 bits per heavy atom. The van der Waals surface area contributed by atoms with Crippen LogP contribution in [0.25, 0.3) is 10.9 Å². The molecule has 30 heavy (non-hydrogen) atoms. The lowest BCUT2D eigenvalue weighted by atomic mass is 10.0. The van der Waals surface area contributed by atoms with Crippen molar-refractivity contribution in [2.24, 2.45) is 4.99 Å². The minimum Gasteiger partial charge on any atom is -0.508 e. The fraction of sp³-hybridized carbons (Fsp3) is 0.125. The first-order valence-corrected chi connectivity index (χ1v) is 9.74. The van der Waals surface area contributed by atoms with Gasteiger partial charge in [0.05, 0.1) is 11.2 Å². The molecule has 0 amide bonds. The number of hydrogen-bond acceptors (Lipinski definition) is 6. The highest BCUT2D eigenvalue weighted by Gasteiger charge is 2.15. The van der Waals surface area contributed by atoms with Crippen molar-refractivity contribution in [1.29, 1.82) is 0 Å². The summed E-state index contributed by atoms with van der Waals surface area (Å²) in [5.74, 6) is 2.70. The molecule has 1 aromatic heterocycles. The van der Waals surface area contributed by atoms with Crippen LogP contribution in [-0.4, -0.2) is 21.3 Å². The van der Waals surface area contributed by atoms with Gasteiger partial charge in [-0.2, -0.15) is 0 Å². The Morgan fingerprint density at radius 2 is 1.90 bits per heavy atom. The van der Waals surface area contributed by atoms with E-state index in [0.29, 0.717) is 11.7 Å². The summed E-state index contributed by atoms with van der Waals surface area (Å²) in [6, 6.07) is 16.9. The van der Waals surface area contributed by atoms with E-state index in [1.807, 2.05) is 43.5 Å². The summed E-state index contributed by atoms with van der Waals surface area (Å²) < 4.78 is 6.10. The summed E-state index contributed by atoms with van der Waals surface area (Å²) in [6.07, 6.45) is 3.46. The Labute approximate surface area is 173 Å². The number of anilines is 2. The highest BCUT2D eigenvalue weighted by Crippen LogP contribution is 2.37. The monoisotopic (exact) mass is 396 g/mol. The summed E-state index contributed by atoms with van der Waals surface area (Å²) in [7, 11) is 0. The van der Waals surface area contributed by atoms with E-state index >= 15 is 0 Å². The fourth-order valence-electron chi connectivity index (χ4n) is 3.61. The Morgan fingerprint density at radius 3 is 2.77 bits per heavy atom. The Hall–Kier alpha value is -3.93. The van der Waals surface area contributed by atoms with Crippen LogP contribution in [0, 0.1) is 6.92 Å². The first-order chi connectivity index (χ1) is 14.6. The Balaban J connectivity index is 1.39. The smallest absolute Gasteiger partial charge is 0.141 e. The molecule has 0 bridgehead atoms. The first kappa shape index (κ1) is 18.1. The van der Waals surface area contributed by atoms with Gasteiger partial charge in [0, 0.05) is 29.3 Å². The van der Waals surface area contributed by atoms with Gasteiger partial charge in [-0.3, -0.25) is 4.99 Å². The molecule has 4 aromatic rings. The van der Waals surface area contributed by atoms with Crippen molar-refractivity contribution in [1.82, 2.24) is 9.97 Å². The van der Waals surface area contributed by atoms with Gasteiger partial charge in [0.1, 0.15) is 29.4 Å². The predicted molar refractivity (Wildman–Crippen MR) is 119 cm³/mol. The molecule has 1 atom stereocenters. The van der Waals surface area contributed by atoms with Gasteiger partial charge in [-0.1, -0.05) is 13.0 Å². The van der Waals surface area contributed by atoms with Gasteiger partial charge in [0.15, 0.2) is 0 Å². The summed E-state index contributed by atoms with van der Waals surface area (Å²) >= 11 is 0. The number of phenolic OH excluding ortho intramolecular Hbond substituents is 1. The second kappa shape index (κ2) is 7.15. The zero-order chi connectivity index (χ0) is 20.7. The highest BCUT2D eigenvalue weighted by atomic mass is 16.5. The lowest BCUT2D eigenvalue weighted by Crippen LogP contribution is -1.97. The standard InChI is InChI=1S/C24H20N4O2/c1-14-9-16(28-24-20-10-17(29)4-7-21(20)26-13-27-24)3-8-23(14)30-18-5-6-19-15(2)12-25-22(19)11-18/h3-13,15,29H,1-2H3,(H,26,27,28). The van der Waals surface area contributed by atoms with Crippen molar-refractivity contribution in [2.75, 3.05) is 5.32 Å². The van der Waals surface area contributed by atoms with Crippen LogP contribution in [0.2, 0.25) is 0 Å². The lowest BCUT2D eigenvalue weighted by Gasteiger charge is -2.13. The quantitative estimate of drug-likeness (QED) is 0.442. The molecule has 0 fully saturated rings. The Kier molecular flexibility index (Phi) is 4.32. The summed E-state index contributed by atoms with van der Waals surface area (Å²) in [5.41, 5.74) is 4.81. The van der Waals surface area contributed by atoms with Crippen molar-refractivity contribution in [3.05, 3.63) is 72.1 Å². The number of aliphatic imine (C=N–C) groups is 1. The molecule has 6 nitrogen and oxygen atoms in total. The average Bonchev–Trinajstić information content (AvgIpc) is 3.11. The van der Waals surface area contributed by atoms with Crippen LogP contribution in [0.4, 0.5) is 17.2 Å². The van der Waals surface area contributed by atoms with E-state index in [2.05, 4.69) is 33.3 Å². The predicted octanol–water partition coefficient (Wildman–Crippen LogP) is 6.00. The molecule has 1 aliphatic heterocycles. The van der Waals surface area contributed by atoms with Gasteiger partial charge >= 0.3 is 0 Å². The molecule has 0 spiro atoms. The van der Waals surface area contributed by atoms with E-state index in [9.17, 15) is 5.11 Å². The molecule has 0 saturated heterocycles. The van der Waals surface area contributed by atoms with Crippen LogP contribution < -0.4 is 10.1 Å². The van der Waals surface area contributed by atoms with Gasteiger partial charge in [-0.15, -0.1) is 0 Å². The molecule has 3 aromatic carbocycles. The van der Waals surface area contributed by atoms with Crippen LogP contribution in [0.5, 0.6) is 17.2 Å². The van der Waals surface area contributed by atoms with Crippen molar-refractivity contribution in [3.63, 3.8) is 0 Å². The molecule has 0 radical (unpaired) electrons. The summed E-state index contributed by atoms with van der Waals surface area (Å²) in [4.78, 5) is 13.0. The van der Waals surface area contributed by atoms with Gasteiger partial charge in [-0.05, 0) is 60.5 Å². The number of aromatic nitrogens is 2. The number of nitrogens with zero attached hydrogens (tertiary/aromatic N) is 3. The van der Waals surface area contributed by atoms with Crippen molar-refractivity contribution in [3.8, 4) is 17.2 Å². The molecule has 6 heteroatoms. The van der Waals surface area contributed by atoms with Crippen molar-refractivity contribution < 1.29 is 9.84 Å². The molecular formula is C24H20N4O2. The molecule has 1 unspecified atom stereocenters. The van der Waals surface area contributed by atoms with Crippen LogP contribution >= 0.6 is 0 Å². The largest absolute Gasteiger partial charge is 0.508 e. The second-order valence-electron chi connectivity index (χ2n) is 7.42. The van der Waals surface area contributed by atoms with Gasteiger partial charge in [0.25, 0.3) is 0 Å². The zero-order valence-corrected chi connectivity index (χ0v) is 16.6. The summed E-state index contributed by atoms with van der Waals surface area (Å²) in [6.45, 7) is 4.13. The molecule has 0 saturated carbocycles. The molecule has 1 aliphatic rings. The number of phenols is 1. The zero-order valence-electron chi connectivity index (χ0n) is 16.6. The topological polar surface area (TPSA) is 79.6 Å². The van der Waals surface area contributed by atoms with Gasteiger partial charge < -0.3 is 15.2 Å². The van der Waals surface area contributed by atoms with E-state index in [0.717, 1.165) is 39.3 Å². The number of benzene rings is 3. The number of aryl methyl sites for hydroxylation is 1. The minimum atomic E-state index is 0.174. The third kappa shape index (κ3) is 3.33. The lowest BCUT2D eigenvalue weighted by molar-refractivity contribution is 0.476. The second-order valence-corrected chi connectivity index (χ2v) is 7.42. The average molecular weight is 396 g/mol.